The lowest BCUT2D eigenvalue weighted by Crippen LogP contribution is -2.15. The van der Waals surface area contributed by atoms with E-state index >= 15 is 0 Å². The highest BCUT2D eigenvalue weighted by atomic mass is 32.3. The van der Waals surface area contributed by atoms with E-state index in [2.05, 4.69) is 14.4 Å². The van der Waals surface area contributed by atoms with Crippen LogP contribution in [0.15, 0.2) is 62.5 Å². The van der Waals surface area contributed by atoms with Crippen molar-refractivity contribution in [1.29, 1.82) is 0 Å². The third-order valence-corrected chi connectivity index (χ3v) is 7.51. The van der Waals surface area contributed by atoms with Crippen molar-refractivity contribution in [3.8, 4) is 11.5 Å². The number of phenols is 2. The molecule has 0 saturated heterocycles. The number of nitrogen functional groups attached to an aromatic ring is 1. The predicted octanol–water partition coefficient (Wildman–Crippen LogP) is 2.09. The summed E-state index contributed by atoms with van der Waals surface area (Å²) in [6, 6.07) is 7.86. The Morgan fingerprint density at radius 3 is 2.20 bits per heavy atom. The number of sulfone groups is 1. The summed E-state index contributed by atoms with van der Waals surface area (Å²) in [4.78, 5) is -1.28. The normalized spacial score (nSPS) is 13.0. The van der Waals surface area contributed by atoms with Gasteiger partial charge in [0.25, 0.3) is 10.1 Å². The minimum absolute atomic E-state index is 0.111. The number of fused-ring (bicyclic) bond motifs is 1. The summed E-state index contributed by atoms with van der Waals surface area (Å²) in [6.45, 7) is -0.897. The summed E-state index contributed by atoms with van der Waals surface area (Å²) in [7, 11) is -14.0. The van der Waals surface area contributed by atoms with Gasteiger partial charge < -0.3 is 15.9 Å². The van der Waals surface area contributed by atoms with Crippen LogP contribution in [-0.4, -0.2) is 56.9 Å². The van der Waals surface area contributed by atoms with Crippen LogP contribution in [0.3, 0.4) is 0 Å². The van der Waals surface area contributed by atoms with Gasteiger partial charge in [0.2, 0.25) is 0 Å². The van der Waals surface area contributed by atoms with Crippen LogP contribution in [0.2, 0.25) is 0 Å². The number of hydrogen-bond acceptors (Lipinski definition) is 12. The van der Waals surface area contributed by atoms with Crippen molar-refractivity contribution < 1.29 is 48.8 Å². The van der Waals surface area contributed by atoms with Gasteiger partial charge in [0.05, 0.1) is 17.3 Å². The zero-order chi connectivity index (χ0) is 26.2. The standard InChI is InChI=1S/C18H17N3O11S3/c19-11-1-3-13-10(7-11)8-16(34(26,27)28)17(18(13)23)21-20-14-9-12(2-4-15(14)22)33(24,25)6-5-32-35(29,30)31/h1-4,7-9,22-23H,5-6,19H2,(H,26,27,28)(H,29,30,31). The van der Waals surface area contributed by atoms with E-state index in [1.54, 1.807) is 0 Å². The summed E-state index contributed by atoms with van der Waals surface area (Å²) in [5, 5.41) is 28.1. The molecule has 0 bridgehead atoms. The number of benzene rings is 3. The van der Waals surface area contributed by atoms with Crippen molar-refractivity contribution in [1.82, 2.24) is 0 Å². The van der Waals surface area contributed by atoms with Gasteiger partial charge in [-0.25, -0.2) is 12.6 Å². The molecule has 35 heavy (non-hydrogen) atoms. The van der Waals surface area contributed by atoms with Gasteiger partial charge in [-0.2, -0.15) is 16.8 Å². The number of rotatable bonds is 8. The minimum Gasteiger partial charge on any atom is -0.506 e. The summed E-state index contributed by atoms with van der Waals surface area (Å²) < 4.78 is 91.8. The molecule has 0 unspecified atom stereocenters. The maximum Gasteiger partial charge on any atom is 0.397 e. The van der Waals surface area contributed by atoms with Gasteiger partial charge in [0, 0.05) is 11.1 Å². The molecule has 0 fully saturated rings. The number of anilines is 1. The number of aromatic hydroxyl groups is 2. The summed E-state index contributed by atoms with van der Waals surface area (Å²) in [5.74, 6) is -2.14. The third kappa shape index (κ3) is 6.21. The van der Waals surface area contributed by atoms with E-state index in [1.165, 1.54) is 18.2 Å². The Labute approximate surface area is 198 Å². The highest BCUT2D eigenvalue weighted by molar-refractivity contribution is 7.91. The van der Waals surface area contributed by atoms with E-state index in [4.69, 9.17) is 10.3 Å². The molecule has 3 rings (SSSR count). The summed E-state index contributed by atoms with van der Waals surface area (Å²) in [5.41, 5.74) is 4.74. The van der Waals surface area contributed by atoms with Gasteiger partial charge in [0.15, 0.2) is 15.6 Å². The molecule has 0 radical (unpaired) electrons. The van der Waals surface area contributed by atoms with Crippen molar-refractivity contribution in [2.45, 2.75) is 9.79 Å². The molecule has 0 aliphatic carbocycles. The Bertz CT molecular complexity index is 1670. The molecule has 3 aromatic rings. The number of nitrogens with zero attached hydrogens (tertiary/aromatic N) is 2. The first kappa shape index (κ1) is 26.3. The molecule has 0 amide bonds. The summed E-state index contributed by atoms with van der Waals surface area (Å²) in [6.07, 6.45) is 0. The highest BCUT2D eigenvalue weighted by Gasteiger charge is 2.23. The first-order chi connectivity index (χ1) is 16.1. The smallest absolute Gasteiger partial charge is 0.397 e. The van der Waals surface area contributed by atoms with E-state index in [9.17, 15) is 40.0 Å². The second-order valence-electron chi connectivity index (χ2n) is 6.95. The molecule has 0 aliphatic rings. The Kier molecular flexibility index (Phi) is 7.02. The van der Waals surface area contributed by atoms with E-state index < -0.39 is 75.4 Å². The Morgan fingerprint density at radius 2 is 1.57 bits per heavy atom. The molecule has 0 aliphatic heterocycles. The fraction of sp³-hybridized carbons (Fsp3) is 0.111. The van der Waals surface area contributed by atoms with Crippen molar-refractivity contribution in [3.63, 3.8) is 0 Å². The predicted molar refractivity (Wildman–Crippen MR) is 122 cm³/mol. The van der Waals surface area contributed by atoms with Gasteiger partial charge in [0.1, 0.15) is 22.0 Å². The van der Waals surface area contributed by atoms with Crippen LogP contribution in [0.4, 0.5) is 17.1 Å². The number of phenolic OH excluding ortho intramolecular Hbond substituents is 2. The molecule has 0 saturated carbocycles. The molecule has 188 valence electrons. The highest BCUT2D eigenvalue weighted by Crippen LogP contribution is 2.42. The minimum atomic E-state index is -4.92. The molecule has 17 heteroatoms. The molecule has 0 aromatic heterocycles. The van der Waals surface area contributed by atoms with Crippen molar-refractivity contribution in [3.05, 3.63) is 42.5 Å². The van der Waals surface area contributed by atoms with Gasteiger partial charge in [-0.1, -0.05) is 0 Å². The lowest BCUT2D eigenvalue weighted by Gasteiger charge is -2.09. The van der Waals surface area contributed by atoms with Crippen molar-refractivity contribution >= 4 is 58.2 Å². The maximum absolute atomic E-state index is 12.4. The molecule has 6 N–H and O–H groups in total. The lowest BCUT2D eigenvalue weighted by atomic mass is 10.1. The van der Waals surface area contributed by atoms with E-state index in [0.717, 1.165) is 24.3 Å². The first-order valence-electron chi connectivity index (χ1n) is 9.20. The van der Waals surface area contributed by atoms with Crippen LogP contribution in [0.5, 0.6) is 11.5 Å². The van der Waals surface area contributed by atoms with Gasteiger partial charge in [-0.15, -0.1) is 10.2 Å². The Morgan fingerprint density at radius 1 is 0.886 bits per heavy atom. The zero-order valence-corrected chi connectivity index (χ0v) is 19.7. The van der Waals surface area contributed by atoms with Crippen LogP contribution in [0.1, 0.15) is 0 Å². The second-order valence-corrected chi connectivity index (χ2v) is 11.5. The first-order valence-corrected chi connectivity index (χ1v) is 13.7. The monoisotopic (exact) mass is 547 g/mol. The van der Waals surface area contributed by atoms with Gasteiger partial charge >= 0.3 is 10.4 Å². The molecule has 0 atom stereocenters. The van der Waals surface area contributed by atoms with E-state index in [-0.39, 0.29) is 16.5 Å². The van der Waals surface area contributed by atoms with Crippen molar-refractivity contribution in [2.75, 3.05) is 18.1 Å². The van der Waals surface area contributed by atoms with E-state index in [1.807, 2.05) is 0 Å². The zero-order valence-electron chi connectivity index (χ0n) is 17.3. The van der Waals surface area contributed by atoms with Crippen molar-refractivity contribution in [2.24, 2.45) is 10.2 Å². The summed E-state index contributed by atoms with van der Waals surface area (Å²) >= 11 is 0. The van der Waals surface area contributed by atoms with Crippen LogP contribution in [0.25, 0.3) is 10.8 Å². The lowest BCUT2D eigenvalue weighted by molar-refractivity contribution is 0.284. The topological polar surface area (TPSA) is 243 Å². The third-order valence-electron chi connectivity index (χ3n) is 4.50. The molecule has 14 nitrogen and oxygen atoms in total. The van der Waals surface area contributed by atoms with Crippen LogP contribution < -0.4 is 5.73 Å². The molecule has 0 heterocycles. The van der Waals surface area contributed by atoms with Crippen LogP contribution in [0, 0.1) is 0 Å². The molecular formula is C18H17N3O11S3. The quantitative estimate of drug-likeness (QED) is 0.155. The van der Waals surface area contributed by atoms with Crippen LogP contribution in [-0.2, 0) is 34.5 Å². The molecule has 3 aromatic carbocycles. The molecule has 0 spiro atoms. The number of hydrogen-bond donors (Lipinski definition) is 5. The SMILES string of the molecule is Nc1ccc2c(O)c(N=Nc3cc(S(=O)(=O)CCOS(=O)(=O)O)ccc3O)c(S(=O)(=O)O)cc2c1. The van der Waals surface area contributed by atoms with Gasteiger partial charge in [-0.05, 0) is 47.9 Å². The average Bonchev–Trinajstić information content (AvgIpc) is 2.71. The van der Waals surface area contributed by atoms with E-state index in [0.29, 0.717) is 0 Å². The maximum atomic E-state index is 12.4. The number of nitrogens with two attached hydrogens (primary N) is 1. The second kappa shape index (κ2) is 9.36. The molecular weight excluding hydrogens is 530 g/mol. The fourth-order valence-corrected chi connectivity index (χ4v) is 5.07. The largest absolute Gasteiger partial charge is 0.506 e. The Balaban J connectivity index is 2.06. The van der Waals surface area contributed by atoms with Gasteiger partial charge in [-0.3, -0.25) is 9.11 Å². The number of azo groups is 1. The van der Waals surface area contributed by atoms with Crippen LogP contribution >= 0.6 is 0 Å². The fourth-order valence-electron chi connectivity index (χ4n) is 2.91. The Hall–Kier alpha value is -3.35. The average molecular weight is 548 g/mol.